The molecule has 1 aromatic carbocycles. The Hall–Kier alpha value is -2.38. The van der Waals surface area contributed by atoms with Gasteiger partial charge in [-0.2, -0.15) is 0 Å². The van der Waals surface area contributed by atoms with Crippen molar-refractivity contribution in [3.8, 4) is 0 Å². The number of carbonyl (C=O) groups is 1. The van der Waals surface area contributed by atoms with Crippen molar-refractivity contribution >= 4 is 5.91 Å². The number of aromatic nitrogens is 4. The molecule has 0 N–H and O–H groups in total. The second-order valence-electron chi connectivity index (χ2n) is 5.38. The Morgan fingerprint density at radius 2 is 2.18 bits per heavy atom. The lowest BCUT2D eigenvalue weighted by Gasteiger charge is -2.32. The number of likely N-dealkylation sites (tertiary alicyclic amines) is 1. The largest absolute Gasteiger partial charge is 0.338 e. The fourth-order valence-electron chi connectivity index (χ4n) is 2.79. The Kier molecular flexibility index (Phi) is 3.82. The fraction of sp³-hybridized carbons (Fsp3) is 0.429. The Bertz CT molecular complexity index is 702. The van der Waals surface area contributed by atoms with Crippen molar-refractivity contribution in [3.63, 3.8) is 0 Å². The number of aryl methyl sites for hydroxylation is 1. The van der Waals surface area contributed by atoms with Gasteiger partial charge in [-0.15, -0.1) is 5.10 Å². The highest BCUT2D eigenvalue weighted by atomic mass is 19.1. The molecule has 0 saturated carbocycles. The zero-order valence-electron chi connectivity index (χ0n) is 12.0. The molecule has 1 unspecified atom stereocenters. The average Bonchev–Trinajstić information content (AvgIpc) is 2.95. The number of nitrogens with zero attached hydrogens (tertiary/aromatic N) is 5. The van der Waals surface area contributed by atoms with Gasteiger partial charge in [-0.05, 0) is 41.5 Å². The maximum atomic E-state index is 13.8. The lowest BCUT2D eigenvalue weighted by Crippen LogP contribution is -2.40. The normalized spacial score (nSPS) is 18.5. The molecule has 1 aliphatic rings. The number of rotatable bonds is 2. The summed E-state index contributed by atoms with van der Waals surface area (Å²) in [5.41, 5.74) is -0.239. The molecule has 22 heavy (non-hydrogen) atoms. The van der Waals surface area contributed by atoms with E-state index in [-0.39, 0.29) is 11.5 Å². The van der Waals surface area contributed by atoms with Gasteiger partial charge in [-0.1, -0.05) is 0 Å². The van der Waals surface area contributed by atoms with E-state index in [1.54, 1.807) is 11.7 Å². The molecule has 1 aromatic heterocycles. The van der Waals surface area contributed by atoms with Crippen LogP contribution in [0.15, 0.2) is 18.2 Å². The topological polar surface area (TPSA) is 63.9 Å². The molecule has 1 aliphatic heterocycles. The molecule has 3 rings (SSSR count). The van der Waals surface area contributed by atoms with E-state index >= 15 is 0 Å². The molecule has 6 nitrogen and oxygen atoms in total. The third-order valence-electron chi connectivity index (χ3n) is 3.89. The van der Waals surface area contributed by atoms with Gasteiger partial charge < -0.3 is 4.90 Å². The monoisotopic (exact) mass is 307 g/mol. The highest BCUT2D eigenvalue weighted by Crippen LogP contribution is 2.26. The summed E-state index contributed by atoms with van der Waals surface area (Å²) in [6, 6.07) is 2.90. The van der Waals surface area contributed by atoms with E-state index in [1.807, 2.05) is 0 Å². The number of tetrazole rings is 1. The van der Waals surface area contributed by atoms with E-state index in [1.165, 1.54) is 4.90 Å². The summed E-state index contributed by atoms with van der Waals surface area (Å²) in [5, 5.41) is 11.4. The summed E-state index contributed by atoms with van der Waals surface area (Å²) >= 11 is 0. The van der Waals surface area contributed by atoms with Gasteiger partial charge >= 0.3 is 0 Å². The van der Waals surface area contributed by atoms with E-state index in [0.717, 1.165) is 31.0 Å². The summed E-state index contributed by atoms with van der Waals surface area (Å²) < 4.78 is 28.6. The van der Waals surface area contributed by atoms with Crippen LogP contribution in [-0.4, -0.2) is 44.1 Å². The van der Waals surface area contributed by atoms with Crippen LogP contribution in [0.3, 0.4) is 0 Å². The number of halogens is 2. The van der Waals surface area contributed by atoms with Gasteiger partial charge in [0.15, 0.2) is 5.82 Å². The number of benzene rings is 1. The predicted octanol–water partition coefficient (Wildman–Crippen LogP) is 1.51. The summed E-state index contributed by atoms with van der Waals surface area (Å²) in [4.78, 5) is 14.0. The number of amides is 1. The van der Waals surface area contributed by atoms with Gasteiger partial charge in [0.2, 0.25) is 0 Å². The third-order valence-corrected chi connectivity index (χ3v) is 3.89. The molecular formula is C14H15F2N5O. The molecule has 2 aromatic rings. The van der Waals surface area contributed by atoms with Gasteiger partial charge in [-0.25, -0.2) is 13.5 Å². The molecule has 116 valence electrons. The van der Waals surface area contributed by atoms with Crippen LogP contribution >= 0.6 is 0 Å². The van der Waals surface area contributed by atoms with Crippen molar-refractivity contribution in [1.82, 2.24) is 25.1 Å². The number of hydrogen-bond acceptors (Lipinski definition) is 4. The number of carbonyl (C=O) groups excluding carboxylic acids is 1. The van der Waals surface area contributed by atoms with Crippen LogP contribution in [-0.2, 0) is 7.05 Å². The first-order chi connectivity index (χ1) is 10.6. The Morgan fingerprint density at radius 1 is 1.36 bits per heavy atom. The fourth-order valence-corrected chi connectivity index (χ4v) is 2.79. The van der Waals surface area contributed by atoms with E-state index < -0.39 is 17.5 Å². The summed E-state index contributed by atoms with van der Waals surface area (Å²) in [5.74, 6) is -1.16. The summed E-state index contributed by atoms with van der Waals surface area (Å²) in [6.45, 7) is 0.902. The molecule has 0 aliphatic carbocycles. The molecule has 0 radical (unpaired) electrons. The van der Waals surface area contributed by atoms with Crippen LogP contribution in [0.2, 0.25) is 0 Å². The molecule has 1 atom stereocenters. The molecule has 2 heterocycles. The first-order valence-corrected chi connectivity index (χ1v) is 7.03. The van der Waals surface area contributed by atoms with Crippen molar-refractivity contribution in [2.45, 2.75) is 18.8 Å². The van der Waals surface area contributed by atoms with Crippen molar-refractivity contribution in [3.05, 3.63) is 41.2 Å². The van der Waals surface area contributed by atoms with Gasteiger partial charge in [0.25, 0.3) is 5.91 Å². The quantitative estimate of drug-likeness (QED) is 0.843. The molecule has 8 heteroatoms. The molecule has 1 amide bonds. The molecule has 1 saturated heterocycles. The van der Waals surface area contributed by atoms with Crippen LogP contribution in [0, 0.1) is 11.6 Å². The minimum absolute atomic E-state index is 0.00526. The molecule has 0 bridgehead atoms. The zero-order chi connectivity index (χ0) is 15.7. The van der Waals surface area contributed by atoms with E-state index in [9.17, 15) is 13.6 Å². The number of hydrogen-bond donors (Lipinski definition) is 0. The first-order valence-electron chi connectivity index (χ1n) is 7.03. The molecule has 1 fully saturated rings. The maximum absolute atomic E-state index is 13.8. The summed E-state index contributed by atoms with van der Waals surface area (Å²) in [7, 11) is 1.74. The van der Waals surface area contributed by atoms with Gasteiger partial charge in [0, 0.05) is 26.1 Å². The van der Waals surface area contributed by atoms with Crippen LogP contribution in [0.1, 0.15) is 34.9 Å². The third kappa shape index (κ3) is 2.68. The highest BCUT2D eigenvalue weighted by molar-refractivity contribution is 5.94. The lowest BCUT2D eigenvalue weighted by atomic mass is 9.96. The lowest BCUT2D eigenvalue weighted by molar-refractivity contribution is 0.0698. The SMILES string of the molecule is Cn1nnnc1C1CCCN(C(=O)c2cc(F)ccc2F)C1. The highest BCUT2D eigenvalue weighted by Gasteiger charge is 2.29. The van der Waals surface area contributed by atoms with Crippen LogP contribution < -0.4 is 0 Å². The number of piperidine rings is 1. The zero-order valence-corrected chi connectivity index (χ0v) is 12.0. The molecule has 0 spiro atoms. The van der Waals surface area contributed by atoms with Crippen LogP contribution in [0.4, 0.5) is 8.78 Å². The molecular weight excluding hydrogens is 292 g/mol. The predicted molar refractivity (Wildman–Crippen MR) is 73.0 cm³/mol. The second kappa shape index (κ2) is 5.78. The minimum Gasteiger partial charge on any atom is -0.338 e. The first kappa shape index (κ1) is 14.6. The van der Waals surface area contributed by atoms with Gasteiger partial charge in [0.05, 0.1) is 5.56 Å². The standard InChI is InChI=1S/C14H15F2N5O/c1-20-13(17-18-19-20)9-3-2-6-21(8-9)14(22)11-7-10(15)4-5-12(11)16/h4-5,7,9H,2-3,6,8H2,1H3. The van der Waals surface area contributed by atoms with E-state index in [0.29, 0.717) is 18.9 Å². The second-order valence-corrected chi connectivity index (χ2v) is 5.38. The van der Waals surface area contributed by atoms with E-state index in [2.05, 4.69) is 15.5 Å². The maximum Gasteiger partial charge on any atom is 0.256 e. The van der Waals surface area contributed by atoms with Gasteiger partial charge in [0.1, 0.15) is 11.6 Å². The Labute approximate surface area is 125 Å². The smallest absolute Gasteiger partial charge is 0.256 e. The minimum atomic E-state index is -0.714. The summed E-state index contributed by atoms with van der Waals surface area (Å²) in [6.07, 6.45) is 1.61. The average molecular weight is 307 g/mol. The van der Waals surface area contributed by atoms with Crippen LogP contribution in [0.5, 0.6) is 0 Å². The Morgan fingerprint density at radius 3 is 2.91 bits per heavy atom. The van der Waals surface area contributed by atoms with E-state index in [4.69, 9.17) is 0 Å². The van der Waals surface area contributed by atoms with Gasteiger partial charge in [-0.3, -0.25) is 4.79 Å². The van der Waals surface area contributed by atoms with Crippen molar-refractivity contribution < 1.29 is 13.6 Å². The van der Waals surface area contributed by atoms with Crippen molar-refractivity contribution in [2.24, 2.45) is 7.05 Å². The Balaban J connectivity index is 1.81. The van der Waals surface area contributed by atoms with Crippen molar-refractivity contribution in [2.75, 3.05) is 13.1 Å². The van der Waals surface area contributed by atoms with Crippen LogP contribution in [0.25, 0.3) is 0 Å². The van der Waals surface area contributed by atoms with Crippen molar-refractivity contribution in [1.29, 1.82) is 0 Å².